The van der Waals surface area contributed by atoms with Crippen LogP contribution in [0.3, 0.4) is 0 Å². The first-order valence-corrected chi connectivity index (χ1v) is 7.17. The minimum Gasteiger partial charge on any atom is -0.432 e. The third kappa shape index (κ3) is 2.98. The number of hydrogen-bond acceptors (Lipinski definition) is 3. The van der Waals surface area contributed by atoms with Gasteiger partial charge in [0.1, 0.15) is 0 Å². The SMILES string of the molecule is O=C(Nc1c(Cl)cccc1Cl)c1ncc(-c2ccccc2)o1. The lowest BCUT2D eigenvalue weighted by molar-refractivity contribution is 0.0991. The van der Waals surface area contributed by atoms with Gasteiger partial charge in [0.15, 0.2) is 5.76 Å². The van der Waals surface area contributed by atoms with Gasteiger partial charge >= 0.3 is 5.91 Å². The molecule has 0 aliphatic carbocycles. The lowest BCUT2D eigenvalue weighted by atomic mass is 10.2. The average Bonchev–Trinajstić information content (AvgIpc) is 3.02. The number of carbonyl (C=O) groups is 1. The zero-order valence-corrected chi connectivity index (χ0v) is 12.7. The first-order valence-electron chi connectivity index (χ1n) is 6.42. The molecule has 1 aromatic heterocycles. The summed E-state index contributed by atoms with van der Waals surface area (Å²) < 4.78 is 5.47. The molecule has 0 spiro atoms. The molecular formula is C16H10Cl2N2O2. The van der Waals surface area contributed by atoms with Crippen molar-refractivity contribution < 1.29 is 9.21 Å². The van der Waals surface area contributed by atoms with E-state index in [1.54, 1.807) is 18.2 Å². The third-order valence-electron chi connectivity index (χ3n) is 2.96. The van der Waals surface area contributed by atoms with E-state index in [0.717, 1.165) is 5.56 Å². The standard InChI is InChI=1S/C16H10Cl2N2O2/c17-11-7-4-8-12(18)14(11)20-15(21)16-19-9-13(22-16)10-5-2-1-3-6-10/h1-9H,(H,20,21). The van der Waals surface area contributed by atoms with Crippen LogP contribution in [0.15, 0.2) is 59.1 Å². The van der Waals surface area contributed by atoms with E-state index in [9.17, 15) is 4.79 Å². The summed E-state index contributed by atoms with van der Waals surface area (Å²) in [5.74, 6) is -0.0666. The molecule has 6 heteroatoms. The Labute approximate surface area is 136 Å². The number of nitrogens with zero attached hydrogens (tertiary/aromatic N) is 1. The van der Waals surface area contributed by atoms with Gasteiger partial charge in [-0.1, -0.05) is 59.6 Å². The van der Waals surface area contributed by atoms with E-state index in [0.29, 0.717) is 21.5 Å². The van der Waals surface area contributed by atoms with E-state index in [1.165, 1.54) is 6.20 Å². The van der Waals surface area contributed by atoms with E-state index >= 15 is 0 Å². The highest BCUT2D eigenvalue weighted by atomic mass is 35.5. The Kier molecular flexibility index (Phi) is 4.13. The molecule has 0 bridgehead atoms. The van der Waals surface area contributed by atoms with Crippen molar-refractivity contribution in [2.45, 2.75) is 0 Å². The second-order valence-corrected chi connectivity index (χ2v) is 5.26. The predicted molar refractivity (Wildman–Crippen MR) is 86.4 cm³/mol. The maximum absolute atomic E-state index is 12.2. The van der Waals surface area contributed by atoms with Gasteiger partial charge < -0.3 is 9.73 Å². The Hall–Kier alpha value is -2.30. The fourth-order valence-electron chi connectivity index (χ4n) is 1.90. The van der Waals surface area contributed by atoms with Gasteiger partial charge in [0.2, 0.25) is 0 Å². The number of hydrogen-bond donors (Lipinski definition) is 1. The van der Waals surface area contributed by atoms with Crippen LogP contribution in [-0.4, -0.2) is 10.9 Å². The maximum atomic E-state index is 12.2. The number of anilines is 1. The van der Waals surface area contributed by atoms with Gasteiger partial charge in [-0.05, 0) is 12.1 Å². The van der Waals surface area contributed by atoms with Gasteiger partial charge in [0.25, 0.3) is 5.89 Å². The van der Waals surface area contributed by atoms with Crippen LogP contribution in [0.2, 0.25) is 10.0 Å². The predicted octanol–water partition coefficient (Wildman–Crippen LogP) is 4.90. The van der Waals surface area contributed by atoms with Crippen molar-refractivity contribution in [3.05, 3.63) is 70.7 Å². The Morgan fingerprint density at radius 1 is 1.00 bits per heavy atom. The molecule has 0 atom stereocenters. The summed E-state index contributed by atoms with van der Waals surface area (Å²) in [6.45, 7) is 0. The fraction of sp³-hybridized carbons (Fsp3) is 0. The van der Waals surface area contributed by atoms with Crippen molar-refractivity contribution in [3.8, 4) is 11.3 Å². The Morgan fingerprint density at radius 3 is 2.36 bits per heavy atom. The van der Waals surface area contributed by atoms with Crippen molar-refractivity contribution in [2.75, 3.05) is 5.32 Å². The van der Waals surface area contributed by atoms with Crippen LogP contribution >= 0.6 is 23.2 Å². The van der Waals surface area contributed by atoms with Crippen molar-refractivity contribution in [2.24, 2.45) is 0 Å². The molecule has 1 N–H and O–H groups in total. The molecule has 0 saturated carbocycles. The van der Waals surface area contributed by atoms with Crippen LogP contribution in [0, 0.1) is 0 Å². The third-order valence-corrected chi connectivity index (χ3v) is 3.59. The molecule has 0 unspecified atom stereocenters. The number of halogens is 2. The Morgan fingerprint density at radius 2 is 1.68 bits per heavy atom. The summed E-state index contributed by atoms with van der Waals surface area (Å²) in [5.41, 5.74) is 1.17. The Balaban J connectivity index is 1.83. The normalized spacial score (nSPS) is 10.5. The largest absolute Gasteiger partial charge is 0.432 e. The number of rotatable bonds is 3. The molecule has 4 nitrogen and oxygen atoms in total. The first-order chi connectivity index (χ1) is 10.6. The molecule has 110 valence electrons. The smallest absolute Gasteiger partial charge is 0.311 e. The van der Waals surface area contributed by atoms with Crippen LogP contribution in [0.1, 0.15) is 10.7 Å². The van der Waals surface area contributed by atoms with Gasteiger partial charge in [0, 0.05) is 5.56 Å². The van der Waals surface area contributed by atoms with Crippen LogP contribution in [0.25, 0.3) is 11.3 Å². The molecule has 0 aliphatic rings. The van der Waals surface area contributed by atoms with Crippen molar-refractivity contribution in [1.29, 1.82) is 0 Å². The van der Waals surface area contributed by atoms with Crippen LogP contribution < -0.4 is 5.32 Å². The number of para-hydroxylation sites is 1. The molecule has 3 aromatic rings. The highest BCUT2D eigenvalue weighted by Gasteiger charge is 2.17. The summed E-state index contributed by atoms with van der Waals surface area (Å²) in [7, 11) is 0. The van der Waals surface area contributed by atoms with Gasteiger partial charge in [-0.2, -0.15) is 0 Å². The number of nitrogens with one attached hydrogen (secondary N) is 1. The summed E-state index contributed by atoms with van der Waals surface area (Å²) in [4.78, 5) is 16.2. The molecular weight excluding hydrogens is 323 g/mol. The number of aromatic nitrogens is 1. The second kappa shape index (κ2) is 6.22. The maximum Gasteiger partial charge on any atom is 0.311 e. The summed E-state index contributed by atoms with van der Waals surface area (Å²) in [6.07, 6.45) is 1.50. The van der Waals surface area contributed by atoms with Crippen molar-refractivity contribution in [1.82, 2.24) is 4.98 Å². The highest BCUT2D eigenvalue weighted by Crippen LogP contribution is 2.30. The van der Waals surface area contributed by atoms with Gasteiger partial charge in [-0.3, -0.25) is 4.79 Å². The van der Waals surface area contributed by atoms with Crippen molar-refractivity contribution >= 4 is 34.8 Å². The molecule has 0 fully saturated rings. The van der Waals surface area contributed by atoms with E-state index in [4.69, 9.17) is 27.6 Å². The fourth-order valence-corrected chi connectivity index (χ4v) is 2.39. The van der Waals surface area contributed by atoms with E-state index in [2.05, 4.69) is 10.3 Å². The van der Waals surface area contributed by atoms with Crippen molar-refractivity contribution in [3.63, 3.8) is 0 Å². The first kappa shape index (κ1) is 14.6. The summed E-state index contributed by atoms with van der Waals surface area (Å²) in [6, 6.07) is 14.3. The average molecular weight is 333 g/mol. The molecule has 0 saturated heterocycles. The number of oxazole rings is 1. The minimum absolute atomic E-state index is 0.0603. The van der Waals surface area contributed by atoms with Crippen LogP contribution in [-0.2, 0) is 0 Å². The zero-order valence-electron chi connectivity index (χ0n) is 11.2. The lowest BCUT2D eigenvalue weighted by Gasteiger charge is -2.06. The number of benzene rings is 2. The summed E-state index contributed by atoms with van der Waals surface area (Å²) >= 11 is 12.0. The molecule has 22 heavy (non-hydrogen) atoms. The Bertz CT molecular complexity index is 796. The summed E-state index contributed by atoms with van der Waals surface area (Å²) in [5, 5.41) is 3.29. The molecule has 0 aliphatic heterocycles. The van der Waals surface area contributed by atoms with Gasteiger partial charge in [-0.15, -0.1) is 0 Å². The molecule has 1 amide bonds. The second-order valence-electron chi connectivity index (χ2n) is 4.45. The molecule has 2 aromatic carbocycles. The van der Waals surface area contributed by atoms with Gasteiger partial charge in [-0.25, -0.2) is 4.98 Å². The number of amides is 1. The minimum atomic E-state index is -0.516. The van der Waals surface area contributed by atoms with Crippen LogP contribution in [0.5, 0.6) is 0 Å². The van der Waals surface area contributed by atoms with E-state index in [-0.39, 0.29) is 5.89 Å². The van der Waals surface area contributed by atoms with Gasteiger partial charge in [0.05, 0.1) is 21.9 Å². The zero-order chi connectivity index (χ0) is 15.5. The monoisotopic (exact) mass is 332 g/mol. The molecule has 1 heterocycles. The quantitative estimate of drug-likeness (QED) is 0.742. The highest BCUT2D eigenvalue weighted by molar-refractivity contribution is 6.39. The number of carbonyl (C=O) groups excluding carboxylic acids is 1. The van der Waals surface area contributed by atoms with E-state index in [1.807, 2.05) is 30.3 Å². The lowest BCUT2D eigenvalue weighted by Crippen LogP contribution is -2.12. The molecule has 0 radical (unpaired) electrons. The molecule has 3 rings (SSSR count). The topological polar surface area (TPSA) is 55.1 Å². The van der Waals surface area contributed by atoms with E-state index < -0.39 is 5.91 Å². The van der Waals surface area contributed by atoms with Crippen LogP contribution in [0.4, 0.5) is 5.69 Å².